The molecule has 1 atom stereocenters. The third kappa shape index (κ3) is 7.18. The number of carbonyl (C=O) groups is 1. The summed E-state index contributed by atoms with van der Waals surface area (Å²) in [5.74, 6) is 6.41. The second-order valence-corrected chi connectivity index (χ2v) is 11.1. The minimum absolute atomic E-state index is 0.0285. The summed E-state index contributed by atoms with van der Waals surface area (Å²) in [6.45, 7) is 8.76. The molecule has 2 aliphatic rings. The van der Waals surface area contributed by atoms with Crippen LogP contribution in [-0.4, -0.2) is 26.9 Å². The maximum atomic E-state index is 13.7. The van der Waals surface area contributed by atoms with Crippen LogP contribution in [-0.2, 0) is 6.18 Å². The first-order valence-corrected chi connectivity index (χ1v) is 14.2. The summed E-state index contributed by atoms with van der Waals surface area (Å²) < 4.78 is 42.6. The fraction of sp³-hybridized carbons (Fsp3) is 0.257. The van der Waals surface area contributed by atoms with Gasteiger partial charge >= 0.3 is 6.18 Å². The van der Waals surface area contributed by atoms with E-state index < -0.39 is 17.6 Å². The average molecular weight is 583 g/mol. The van der Waals surface area contributed by atoms with E-state index in [2.05, 4.69) is 71.3 Å². The van der Waals surface area contributed by atoms with Gasteiger partial charge in [-0.15, -0.1) is 0 Å². The van der Waals surface area contributed by atoms with Crippen molar-refractivity contribution >= 4 is 11.6 Å². The van der Waals surface area contributed by atoms with Gasteiger partial charge in [-0.25, -0.2) is 4.98 Å². The minimum Gasteiger partial charge on any atom is -0.335 e. The smallest absolute Gasteiger partial charge is 0.335 e. The van der Waals surface area contributed by atoms with Crippen LogP contribution in [0.15, 0.2) is 96.3 Å². The Labute approximate surface area is 250 Å². The molecule has 3 aromatic rings. The fourth-order valence-corrected chi connectivity index (χ4v) is 4.97. The molecule has 0 aliphatic carbocycles. The Balaban J connectivity index is 1.43. The molecule has 1 unspecified atom stereocenters. The van der Waals surface area contributed by atoms with E-state index in [1.165, 1.54) is 22.5 Å². The number of aromatic nitrogens is 2. The molecule has 5 nitrogen and oxygen atoms in total. The predicted molar refractivity (Wildman–Crippen MR) is 163 cm³/mol. The molecule has 1 aromatic heterocycles. The summed E-state index contributed by atoms with van der Waals surface area (Å²) >= 11 is 0. The van der Waals surface area contributed by atoms with Gasteiger partial charge in [-0.3, -0.25) is 4.79 Å². The quantitative estimate of drug-likeness (QED) is 0.317. The number of fused-ring (bicyclic) bond motifs is 1. The van der Waals surface area contributed by atoms with Crippen LogP contribution in [0.3, 0.4) is 0 Å². The largest absolute Gasteiger partial charge is 0.416 e. The van der Waals surface area contributed by atoms with Gasteiger partial charge in [0.15, 0.2) is 0 Å². The molecule has 43 heavy (non-hydrogen) atoms. The van der Waals surface area contributed by atoms with E-state index in [0.29, 0.717) is 22.7 Å². The highest BCUT2D eigenvalue weighted by Crippen LogP contribution is 2.33. The summed E-state index contributed by atoms with van der Waals surface area (Å²) in [6.07, 6.45) is 11.0. The molecule has 5 rings (SSSR count). The summed E-state index contributed by atoms with van der Waals surface area (Å²) in [5.41, 5.74) is 5.25. The number of benzene rings is 2. The molecular formula is C35H33F3N4O. The number of hydrogen-bond acceptors (Lipinski definition) is 3. The highest BCUT2D eigenvalue weighted by atomic mass is 19.4. The number of rotatable bonds is 3. The van der Waals surface area contributed by atoms with Crippen molar-refractivity contribution in [2.75, 3.05) is 11.9 Å². The van der Waals surface area contributed by atoms with Crippen LogP contribution in [0.1, 0.15) is 59.4 Å². The molecule has 2 aliphatic heterocycles. The standard InChI is InChI=1S/C35H33F3N4O/c1-23-6-5-7-31-12-8-24(2)16-32(42(31)15-14-23)13-11-27-17-28(10-9-25(27)3)34(43)40-30-18-29(35(36,37)38)19-33(20-30)41-21-26(4)39-22-41/h5-7,9-10,12,16-22,24H,8,14-15H2,1-4H3,(H,40,43). The maximum absolute atomic E-state index is 13.7. The number of imidazole rings is 1. The number of halogens is 3. The van der Waals surface area contributed by atoms with Gasteiger partial charge in [0.25, 0.3) is 5.91 Å². The first-order chi connectivity index (χ1) is 20.5. The molecule has 0 radical (unpaired) electrons. The molecular weight excluding hydrogens is 549 g/mol. The van der Waals surface area contributed by atoms with Gasteiger partial charge in [0.05, 0.1) is 23.3 Å². The lowest BCUT2D eigenvalue weighted by Gasteiger charge is -2.26. The van der Waals surface area contributed by atoms with E-state index in [0.717, 1.165) is 48.5 Å². The van der Waals surface area contributed by atoms with Crippen molar-refractivity contribution in [3.8, 4) is 17.5 Å². The van der Waals surface area contributed by atoms with Crippen molar-refractivity contribution in [2.45, 2.75) is 46.7 Å². The lowest BCUT2D eigenvalue weighted by molar-refractivity contribution is -0.137. The molecule has 3 heterocycles. The van der Waals surface area contributed by atoms with Gasteiger partial charge in [-0.1, -0.05) is 42.7 Å². The van der Waals surface area contributed by atoms with Crippen LogP contribution in [0.4, 0.5) is 18.9 Å². The van der Waals surface area contributed by atoms with Crippen LogP contribution in [0, 0.1) is 31.6 Å². The van der Waals surface area contributed by atoms with Crippen LogP contribution >= 0.6 is 0 Å². The topological polar surface area (TPSA) is 50.2 Å². The number of nitrogens with zero attached hydrogens (tertiary/aromatic N) is 3. The van der Waals surface area contributed by atoms with Gasteiger partial charge in [0.1, 0.15) is 0 Å². The Morgan fingerprint density at radius 2 is 1.91 bits per heavy atom. The van der Waals surface area contributed by atoms with E-state index >= 15 is 0 Å². The summed E-state index contributed by atoms with van der Waals surface area (Å²) in [5, 5.41) is 2.65. The lowest BCUT2D eigenvalue weighted by atomic mass is 10.0. The molecule has 0 bridgehead atoms. The molecule has 1 amide bonds. The van der Waals surface area contributed by atoms with E-state index in [-0.39, 0.29) is 11.4 Å². The zero-order chi connectivity index (χ0) is 30.7. The van der Waals surface area contributed by atoms with Crippen molar-refractivity contribution < 1.29 is 18.0 Å². The maximum Gasteiger partial charge on any atom is 0.416 e. The molecule has 0 saturated carbocycles. The Hall–Kier alpha value is -4.77. The molecule has 0 fully saturated rings. The Kier molecular flexibility index (Phi) is 8.45. The van der Waals surface area contributed by atoms with Crippen molar-refractivity contribution in [2.24, 2.45) is 5.92 Å². The molecule has 2 aromatic carbocycles. The van der Waals surface area contributed by atoms with E-state index in [1.807, 2.05) is 6.92 Å². The monoisotopic (exact) mass is 582 g/mol. The highest BCUT2D eigenvalue weighted by Gasteiger charge is 2.31. The SMILES string of the molecule is CC1=CC=CC2=CCC(C)C=C(C#Cc3cc(C(=O)Nc4cc(-n5cnc(C)c5)cc(C(F)(F)F)c4)ccc3C)N2CC1. The zero-order valence-electron chi connectivity index (χ0n) is 24.6. The number of aryl methyl sites for hydroxylation is 2. The second-order valence-electron chi connectivity index (χ2n) is 11.1. The van der Waals surface area contributed by atoms with Crippen molar-refractivity contribution in [1.29, 1.82) is 0 Å². The van der Waals surface area contributed by atoms with Gasteiger partial charge in [0, 0.05) is 40.9 Å². The number of anilines is 1. The second kappa shape index (κ2) is 12.2. The van der Waals surface area contributed by atoms with E-state index in [4.69, 9.17) is 0 Å². The Bertz CT molecular complexity index is 1740. The van der Waals surface area contributed by atoms with Gasteiger partial charge in [0.2, 0.25) is 0 Å². The summed E-state index contributed by atoms with van der Waals surface area (Å²) in [4.78, 5) is 19.6. The third-order valence-corrected chi connectivity index (χ3v) is 7.46. The zero-order valence-corrected chi connectivity index (χ0v) is 24.6. The van der Waals surface area contributed by atoms with Gasteiger partial charge < -0.3 is 14.8 Å². The van der Waals surface area contributed by atoms with E-state index in [9.17, 15) is 18.0 Å². The van der Waals surface area contributed by atoms with Crippen molar-refractivity contribution in [1.82, 2.24) is 14.5 Å². The molecule has 0 spiro atoms. The minimum atomic E-state index is -4.59. The van der Waals surface area contributed by atoms with Crippen molar-refractivity contribution in [3.63, 3.8) is 0 Å². The molecule has 8 heteroatoms. The Morgan fingerprint density at radius 1 is 1.09 bits per heavy atom. The lowest BCUT2D eigenvalue weighted by Crippen LogP contribution is -2.23. The fourth-order valence-electron chi connectivity index (χ4n) is 4.97. The van der Waals surface area contributed by atoms with Gasteiger partial charge in [-0.2, -0.15) is 13.2 Å². The average Bonchev–Trinajstić information content (AvgIpc) is 3.32. The first kappa shape index (κ1) is 29.7. The van der Waals surface area contributed by atoms with Crippen LogP contribution in [0.25, 0.3) is 5.69 Å². The number of nitrogens with one attached hydrogen (secondary N) is 1. The predicted octanol–water partition coefficient (Wildman–Crippen LogP) is 8.13. The summed E-state index contributed by atoms with van der Waals surface area (Å²) in [6, 6.07) is 8.58. The van der Waals surface area contributed by atoms with Crippen molar-refractivity contribution in [3.05, 3.63) is 124 Å². The number of allylic oxidation sites excluding steroid dienone is 6. The van der Waals surface area contributed by atoms with Gasteiger partial charge in [-0.05, 0) is 93.5 Å². The Morgan fingerprint density at radius 3 is 2.65 bits per heavy atom. The van der Waals surface area contributed by atoms with Crippen LogP contribution in [0.5, 0.6) is 0 Å². The van der Waals surface area contributed by atoms with E-state index in [1.54, 1.807) is 31.3 Å². The first-order valence-electron chi connectivity index (χ1n) is 14.2. The third-order valence-electron chi connectivity index (χ3n) is 7.46. The summed E-state index contributed by atoms with van der Waals surface area (Å²) in [7, 11) is 0. The van der Waals surface area contributed by atoms with Crippen LogP contribution < -0.4 is 5.32 Å². The number of carbonyl (C=O) groups excluding carboxylic acids is 1. The number of hydrogen-bond donors (Lipinski definition) is 1. The number of alkyl halides is 3. The molecule has 0 saturated heterocycles. The molecule has 1 N–H and O–H groups in total. The normalized spacial score (nSPS) is 16.9. The highest BCUT2D eigenvalue weighted by molar-refractivity contribution is 6.04. The van der Waals surface area contributed by atoms with Crippen LogP contribution in [0.2, 0.25) is 0 Å². The molecule has 220 valence electrons. The number of amides is 1.